The van der Waals surface area contributed by atoms with E-state index in [0.29, 0.717) is 24.3 Å². The number of pyridine rings is 2. The third kappa shape index (κ3) is 2.80. The molecule has 2 aromatic rings. The minimum Gasteiger partial charge on any atom is -0.491 e. The van der Waals surface area contributed by atoms with Crippen molar-refractivity contribution >= 4 is 11.0 Å². The van der Waals surface area contributed by atoms with Crippen molar-refractivity contribution in [1.82, 2.24) is 14.9 Å². The standard InChI is InChI=1S/C18H24N4O2/c1-23-16-5-4-14-18(21-16)17-13(11-24-15(17)8-20-14)10-22-6-2-3-12(7-19)9-22/h4-5,8,12-13H,2-3,6-7,9-11,19H2,1H3/t12-,13?/m0/s1. The fourth-order valence-electron chi connectivity index (χ4n) is 3.91. The molecule has 2 aliphatic rings. The molecule has 2 aliphatic heterocycles. The van der Waals surface area contributed by atoms with Gasteiger partial charge >= 0.3 is 0 Å². The highest BCUT2D eigenvalue weighted by atomic mass is 16.5. The number of rotatable bonds is 4. The molecule has 24 heavy (non-hydrogen) atoms. The van der Waals surface area contributed by atoms with E-state index in [0.717, 1.165) is 43.0 Å². The quantitative estimate of drug-likeness (QED) is 0.922. The van der Waals surface area contributed by atoms with Gasteiger partial charge in [0.2, 0.25) is 5.88 Å². The second-order valence-corrected chi connectivity index (χ2v) is 6.77. The molecule has 4 rings (SSSR count). The zero-order valence-corrected chi connectivity index (χ0v) is 14.1. The van der Waals surface area contributed by atoms with Crippen LogP contribution < -0.4 is 15.2 Å². The Bertz CT molecular complexity index is 736. The van der Waals surface area contributed by atoms with Crippen molar-refractivity contribution in [3.63, 3.8) is 0 Å². The largest absolute Gasteiger partial charge is 0.491 e. The van der Waals surface area contributed by atoms with E-state index in [1.165, 1.54) is 18.4 Å². The summed E-state index contributed by atoms with van der Waals surface area (Å²) < 4.78 is 11.2. The Morgan fingerprint density at radius 3 is 3.17 bits per heavy atom. The highest BCUT2D eigenvalue weighted by Gasteiger charge is 2.31. The van der Waals surface area contributed by atoms with E-state index < -0.39 is 0 Å². The summed E-state index contributed by atoms with van der Waals surface area (Å²) in [4.78, 5) is 11.6. The van der Waals surface area contributed by atoms with E-state index in [1.54, 1.807) is 7.11 Å². The van der Waals surface area contributed by atoms with Gasteiger partial charge in [0, 0.05) is 30.6 Å². The molecule has 0 spiro atoms. The summed E-state index contributed by atoms with van der Waals surface area (Å²) in [6, 6.07) is 3.81. The van der Waals surface area contributed by atoms with Gasteiger partial charge in [0.05, 0.1) is 25.4 Å². The van der Waals surface area contributed by atoms with E-state index >= 15 is 0 Å². The van der Waals surface area contributed by atoms with Gasteiger partial charge in [-0.1, -0.05) is 0 Å². The Morgan fingerprint density at radius 2 is 2.33 bits per heavy atom. The van der Waals surface area contributed by atoms with E-state index in [2.05, 4.69) is 14.9 Å². The average molecular weight is 328 g/mol. The molecule has 0 aliphatic carbocycles. The summed E-state index contributed by atoms with van der Waals surface area (Å²) in [6.07, 6.45) is 4.30. The summed E-state index contributed by atoms with van der Waals surface area (Å²) in [7, 11) is 1.64. The molecule has 0 bridgehead atoms. The highest BCUT2D eigenvalue weighted by Crippen LogP contribution is 2.39. The van der Waals surface area contributed by atoms with Crippen molar-refractivity contribution in [1.29, 1.82) is 0 Å². The number of methoxy groups -OCH3 is 1. The van der Waals surface area contributed by atoms with Gasteiger partial charge in [-0.15, -0.1) is 0 Å². The smallest absolute Gasteiger partial charge is 0.213 e. The molecule has 1 fully saturated rings. The van der Waals surface area contributed by atoms with Gasteiger partial charge in [-0.3, -0.25) is 4.98 Å². The second kappa shape index (κ2) is 6.53. The molecule has 4 heterocycles. The lowest BCUT2D eigenvalue weighted by atomic mass is 9.95. The first-order chi connectivity index (χ1) is 11.8. The maximum atomic E-state index is 5.89. The van der Waals surface area contributed by atoms with Crippen LogP contribution in [0.15, 0.2) is 18.3 Å². The molecular formula is C18H24N4O2. The Labute approximate surface area is 142 Å². The van der Waals surface area contributed by atoms with Gasteiger partial charge in [-0.2, -0.15) is 0 Å². The number of ether oxygens (including phenoxy) is 2. The maximum Gasteiger partial charge on any atom is 0.213 e. The van der Waals surface area contributed by atoms with E-state index in [-0.39, 0.29) is 0 Å². The summed E-state index contributed by atoms with van der Waals surface area (Å²) >= 11 is 0. The van der Waals surface area contributed by atoms with Gasteiger partial charge < -0.3 is 20.1 Å². The SMILES string of the molecule is COc1ccc2ncc3c(c2n1)C(CN1CCC[C@@H](CN)C1)CO3. The number of likely N-dealkylation sites (tertiary alicyclic amines) is 1. The van der Waals surface area contributed by atoms with E-state index in [4.69, 9.17) is 15.2 Å². The lowest BCUT2D eigenvalue weighted by Crippen LogP contribution is -2.40. The monoisotopic (exact) mass is 328 g/mol. The number of nitrogens with zero attached hydrogens (tertiary/aromatic N) is 3. The minimum atomic E-state index is 0.321. The third-order valence-electron chi connectivity index (χ3n) is 5.16. The number of piperidine rings is 1. The molecule has 0 amide bonds. The predicted molar refractivity (Wildman–Crippen MR) is 92.5 cm³/mol. The number of aromatic nitrogens is 2. The second-order valence-electron chi connectivity index (χ2n) is 6.77. The van der Waals surface area contributed by atoms with Crippen molar-refractivity contribution in [2.75, 3.05) is 39.9 Å². The van der Waals surface area contributed by atoms with Crippen LogP contribution in [0.1, 0.15) is 24.3 Å². The van der Waals surface area contributed by atoms with Crippen molar-refractivity contribution < 1.29 is 9.47 Å². The van der Waals surface area contributed by atoms with Crippen LogP contribution in [0.5, 0.6) is 11.6 Å². The lowest BCUT2D eigenvalue weighted by Gasteiger charge is -2.33. The van der Waals surface area contributed by atoms with Crippen LogP contribution in [0.4, 0.5) is 0 Å². The van der Waals surface area contributed by atoms with Gasteiger partial charge in [0.15, 0.2) is 0 Å². The van der Waals surface area contributed by atoms with Gasteiger partial charge in [0.25, 0.3) is 0 Å². The first-order valence-electron chi connectivity index (χ1n) is 8.67. The average Bonchev–Trinajstić information content (AvgIpc) is 3.04. The maximum absolute atomic E-state index is 5.89. The molecule has 0 radical (unpaired) electrons. The zero-order chi connectivity index (χ0) is 16.5. The van der Waals surface area contributed by atoms with Crippen LogP contribution in [0.25, 0.3) is 11.0 Å². The molecule has 1 unspecified atom stereocenters. The van der Waals surface area contributed by atoms with Crippen molar-refractivity contribution in [2.24, 2.45) is 11.7 Å². The molecule has 2 aromatic heterocycles. The van der Waals surface area contributed by atoms with Crippen LogP contribution in [-0.2, 0) is 0 Å². The van der Waals surface area contributed by atoms with E-state index in [1.807, 2.05) is 18.3 Å². The number of fused-ring (bicyclic) bond motifs is 3. The summed E-state index contributed by atoms with van der Waals surface area (Å²) in [6.45, 7) is 4.68. The topological polar surface area (TPSA) is 73.5 Å². The zero-order valence-electron chi connectivity index (χ0n) is 14.1. The number of hydrogen-bond donors (Lipinski definition) is 1. The van der Waals surface area contributed by atoms with Crippen LogP contribution in [0.3, 0.4) is 0 Å². The summed E-state index contributed by atoms with van der Waals surface area (Å²) in [5, 5.41) is 0. The van der Waals surface area contributed by atoms with Gasteiger partial charge in [-0.05, 0) is 37.9 Å². The van der Waals surface area contributed by atoms with Crippen molar-refractivity contribution in [2.45, 2.75) is 18.8 Å². The molecule has 128 valence electrons. The molecular weight excluding hydrogens is 304 g/mol. The van der Waals surface area contributed by atoms with Crippen LogP contribution >= 0.6 is 0 Å². The van der Waals surface area contributed by atoms with Gasteiger partial charge in [0.1, 0.15) is 11.3 Å². The van der Waals surface area contributed by atoms with Crippen molar-refractivity contribution in [3.05, 3.63) is 23.9 Å². The molecule has 1 saturated heterocycles. The third-order valence-corrected chi connectivity index (χ3v) is 5.16. The Hall–Kier alpha value is -1.92. The summed E-state index contributed by atoms with van der Waals surface area (Å²) in [5.74, 6) is 2.42. The normalized spacial score (nSPS) is 23.9. The van der Waals surface area contributed by atoms with Crippen LogP contribution in [0, 0.1) is 5.92 Å². The Kier molecular flexibility index (Phi) is 4.24. The fraction of sp³-hybridized carbons (Fsp3) is 0.556. The van der Waals surface area contributed by atoms with Crippen LogP contribution in [-0.4, -0.2) is 54.8 Å². The molecule has 0 aromatic carbocycles. The highest BCUT2D eigenvalue weighted by molar-refractivity contribution is 5.81. The first kappa shape index (κ1) is 15.6. The van der Waals surface area contributed by atoms with Gasteiger partial charge in [-0.25, -0.2) is 4.98 Å². The predicted octanol–water partition coefficient (Wildman–Crippen LogP) is 1.79. The molecule has 2 atom stereocenters. The lowest BCUT2D eigenvalue weighted by molar-refractivity contribution is 0.161. The van der Waals surface area contributed by atoms with E-state index in [9.17, 15) is 0 Å². The number of nitrogens with two attached hydrogens (primary N) is 1. The number of hydrogen-bond acceptors (Lipinski definition) is 6. The first-order valence-corrected chi connectivity index (χ1v) is 8.67. The van der Waals surface area contributed by atoms with Crippen molar-refractivity contribution in [3.8, 4) is 11.6 Å². The fourth-order valence-corrected chi connectivity index (χ4v) is 3.91. The Morgan fingerprint density at radius 1 is 1.42 bits per heavy atom. The molecule has 2 N–H and O–H groups in total. The molecule has 6 nitrogen and oxygen atoms in total. The van der Waals surface area contributed by atoms with Crippen LogP contribution in [0.2, 0.25) is 0 Å². The molecule has 6 heteroatoms. The summed E-state index contributed by atoms with van der Waals surface area (Å²) in [5.41, 5.74) is 8.84. The Balaban J connectivity index is 1.63. The molecule has 0 saturated carbocycles. The minimum absolute atomic E-state index is 0.321.